The highest BCUT2D eigenvalue weighted by Gasteiger charge is 2.51. The van der Waals surface area contributed by atoms with Crippen LogP contribution in [0.3, 0.4) is 0 Å². The molecule has 0 N–H and O–H groups in total. The van der Waals surface area contributed by atoms with Gasteiger partial charge < -0.3 is 18.1 Å². The lowest BCUT2D eigenvalue weighted by Gasteiger charge is -2.41. The van der Waals surface area contributed by atoms with Gasteiger partial charge >= 0.3 is 46.5 Å². The summed E-state index contributed by atoms with van der Waals surface area (Å²) in [7, 11) is -20.8. The number of hydrogen-bond acceptors (Lipinski definition) is 22. The quantitative estimate of drug-likeness (QED) is 0.0765. The van der Waals surface area contributed by atoms with Crippen molar-refractivity contribution in [2.45, 2.75) is 88.0 Å². The summed E-state index contributed by atoms with van der Waals surface area (Å²) in [6.45, 7) is 21.2. The van der Waals surface area contributed by atoms with E-state index in [1.54, 1.807) is 0 Å². The van der Waals surface area contributed by atoms with E-state index >= 15 is 0 Å². The zero-order chi connectivity index (χ0) is 57.2. The Morgan fingerprint density at radius 1 is 0.421 bits per heavy atom. The molecule has 6 rings (SSSR count). The van der Waals surface area contributed by atoms with Crippen LogP contribution in [0.5, 0.6) is 0 Å². The molecule has 0 radical (unpaired) electrons. The smallest absolute Gasteiger partial charge is 0.308 e. The SMILES string of the molecule is CC1(C)COP(=O)(CC(Br)C(Br)CP2(=O)OCC(C)(C)CO2)OC1.CC1(C)COP(=O)(OCC(CBr)(CBr)COP2(=O)OCC(C)(C)CO2)OC1.CCC(Br)COP1(=O)OCC2(CO1)COP(=O)(OCC(Br)CBr)OC2. The highest BCUT2D eigenvalue weighted by atomic mass is 79.9. The second kappa shape index (κ2) is 30.3. The lowest BCUT2D eigenvalue weighted by Crippen LogP contribution is -2.46. The van der Waals surface area contributed by atoms with Gasteiger partial charge in [0.15, 0.2) is 0 Å². The summed E-state index contributed by atoms with van der Waals surface area (Å²) in [5, 5.41) is 1.51. The van der Waals surface area contributed by atoms with Crippen LogP contribution in [0.4, 0.5) is 0 Å². The van der Waals surface area contributed by atoms with Gasteiger partial charge in [0.2, 0.25) is 0 Å². The van der Waals surface area contributed by atoms with Crippen LogP contribution in [0.15, 0.2) is 0 Å². The van der Waals surface area contributed by atoms with Crippen LogP contribution in [0.2, 0.25) is 0 Å². The number of phosphoric acid groups is 4. The van der Waals surface area contributed by atoms with Crippen molar-refractivity contribution in [3.8, 4) is 0 Å². The maximum absolute atomic E-state index is 12.7. The van der Waals surface area contributed by atoms with Crippen LogP contribution in [0, 0.1) is 32.5 Å². The lowest BCUT2D eigenvalue weighted by molar-refractivity contribution is -0.0951. The first-order valence-corrected chi connectivity index (χ1v) is 40.4. The Balaban J connectivity index is 0.000000247. The molecule has 450 valence electrons. The normalized spacial score (nSPS) is 31.7. The molecule has 0 saturated carbocycles. The number of hydrogen-bond donors (Lipinski definition) is 0. The topological polar surface area (TPSA) is 250 Å². The highest BCUT2D eigenvalue weighted by Crippen LogP contribution is 2.62. The molecule has 0 bridgehead atoms. The van der Waals surface area contributed by atoms with Gasteiger partial charge in [0, 0.05) is 62.4 Å². The third kappa shape index (κ3) is 24.3. The number of alkyl halides is 7. The maximum Gasteiger partial charge on any atom is 0.474 e. The van der Waals surface area contributed by atoms with Gasteiger partial charge in [-0.25, -0.2) is 18.3 Å². The largest absolute Gasteiger partial charge is 0.474 e. The summed E-state index contributed by atoms with van der Waals surface area (Å²) in [4.78, 5) is -0.411. The van der Waals surface area contributed by atoms with Gasteiger partial charge in [-0.1, -0.05) is 174 Å². The minimum atomic E-state index is -3.64. The van der Waals surface area contributed by atoms with E-state index in [0.717, 1.165) is 6.42 Å². The standard InChI is InChI=1S/C15H28Br2O8P2.C14H26Br2O6P2.C12H21Br3O8P2/c1-13(2)7-20-26(18,21-8-13)24-11-15(5-16,6-17)12-25-27(19)22-9-14(3,4)10-23-27;1-13(2)7-19-23(17,20-8-13)5-11(15)12(16)6-24(18)21-9-14(3,4)10-22-24;1-2-10(14)4-18-24(16)20-6-12(7-21-24)8-22-25(17,23-9-12)19-5-11(15)3-13/h5-12H2,1-4H3;11-12H,5-10H2,1-4H3;10-11H,2-9H2,1H3. The Labute approximate surface area is 507 Å². The molecule has 6 saturated heterocycles. The Hall–Kier alpha value is 4.10. The molecule has 6 fully saturated rings. The highest BCUT2D eigenvalue weighted by molar-refractivity contribution is 9.12. The fraction of sp³-hybridized carbons (Fsp3) is 1.00. The van der Waals surface area contributed by atoms with E-state index in [1.165, 1.54) is 0 Å². The lowest BCUT2D eigenvalue weighted by atomic mass is 9.93. The molecule has 6 aliphatic rings. The van der Waals surface area contributed by atoms with E-state index in [1.807, 2.05) is 62.3 Å². The second-order valence-electron chi connectivity index (χ2n) is 22.5. The molecular weight excluding hydrogens is 1590 g/mol. The van der Waals surface area contributed by atoms with E-state index < -0.39 is 57.3 Å². The van der Waals surface area contributed by atoms with Crippen molar-refractivity contribution >= 4 is 158 Å². The van der Waals surface area contributed by atoms with E-state index in [4.69, 9.17) is 72.4 Å². The number of halogens is 7. The third-order valence-electron chi connectivity index (χ3n) is 11.4. The first-order chi connectivity index (χ1) is 34.9. The van der Waals surface area contributed by atoms with Crippen molar-refractivity contribution in [1.82, 2.24) is 0 Å². The minimum absolute atomic E-state index is 0.00665. The monoisotopic (exact) mass is 1660 g/mol. The molecule has 0 aromatic rings. The molecular formula is C41H75Br7O22P6. The molecule has 6 aliphatic heterocycles. The van der Waals surface area contributed by atoms with Crippen LogP contribution < -0.4 is 0 Å². The van der Waals surface area contributed by atoms with Crippen molar-refractivity contribution in [1.29, 1.82) is 0 Å². The van der Waals surface area contributed by atoms with Gasteiger partial charge in [0.25, 0.3) is 0 Å². The molecule has 35 heteroatoms. The van der Waals surface area contributed by atoms with Crippen LogP contribution in [0.1, 0.15) is 68.7 Å². The van der Waals surface area contributed by atoms with Crippen molar-refractivity contribution in [3.05, 3.63) is 0 Å². The molecule has 0 aliphatic carbocycles. The predicted molar refractivity (Wildman–Crippen MR) is 313 cm³/mol. The molecule has 0 aromatic carbocycles. The summed E-state index contributed by atoms with van der Waals surface area (Å²) >= 11 is 23.9. The van der Waals surface area contributed by atoms with E-state index in [-0.39, 0.29) is 133 Å². The van der Waals surface area contributed by atoms with Crippen molar-refractivity contribution in [2.24, 2.45) is 32.5 Å². The van der Waals surface area contributed by atoms with Gasteiger partial charge in [-0.15, -0.1) is 0 Å². The van der Waals surface area contributed by atoms with E-state index in [0.29, 0.717) is 42.4 Å². The third-order valence-corrected chi connectivity index (χ3v) is 29.7. The first-order valence-electron chi connectivity index (χ1n) is 24.1. The van der Waals surface area contributed by atoms with E-state index in [9.17, 15) is 27.4 Å². The van der Waals surface area contributed by atoms with E-state index in [2.05, 4.69) is 112 Å². The van der Waals surface area contributed by atoms with Gasteiger partial charge in [0.05, 0.1) is 123 Å². The van der Waals surface area contributed by atoms with Crippen LogP contribution in [-0.4, -0.2) is 153 Å². The summed E-state index contributed by atoms with van der Waals surface area (Å²) in [5.74, 6) is 0. The molecule has 4 unspecified atom stereocenters. The van der Waals surface area contributed by atoms with Crippen molar-refractivity contribution < 1.29 is 99.8 Å². The first kappa shape index (κ1) is 72.6. The maximum atomic E-state index is 12.7. The number of phosphoric ester groups is 4. The average Bonchev–Trinajstić information content (AvgIpc) is 3.37. The minimum Gasteiger partial charge on any atom is -0.308 e. The Morgan fingerprint density at radius 3 is 0.961 bits per heavy atom. The van der Waals surface area contributed by atoms with Crippen molar-refractivity contribution in [3.63, 3.8) is 0 Å². The van der Waals surface area contributed by atoms with Crippen LogP contribution >= 0.6 is 158 Å². The zero-order valence-corrected chi connectivity index (χ0v) is 60.6. The Bertz CT molecular complexity index is 1940. The van der Waals surface area contributed by atoms with Gasteiger partial charge in [-0.2, -0.15) is 0 Å². The Morgan fingerprint density at radius 2 is 0.684 bits per heavy atom. The fourth-order valence-electron chi connectivity index (χ4n) is 5.95. The summed E-state index contributed by atoms with van der Waals surface area (Å²) < 4.78 is 161. The summed E-state index contributed by atoms with van der Waals surface area (Å²) in [6.07, 6.45) is 1.22. The average molecular weight is 1670 g/mol. The van der Waals surface area contributed by atoms with Gasteiger partial charge in [0.1, 0.15) is 0 Å². The molecule has 76 heavy (non-hydrogen) atoms. The molecule has 6 heterocycles. The molecule has 22 nitrogen and oxygen atoms in total. The van der Waals surface area contributed by atoms with Gasteiger partial charge in [-0.05, 0) is 6.42 Å². The zero-order valence-electron chi connectivity index (χ0n) is 44.2. The summed E-state index contributed by atoms with van der Waals surface area (Å²) in [5.41, 5.74) is -2.06. The van der Waals surface area contributed by atoms with Crippen LogP contribution in [-0.2, 0) is 99.8 Å². The van der Waals surface area contributed by atoms with Gasteiger partial charge in [-0.3, -0.25) is 63.4 Å². The predicted octanol–water partition coefficient (Wildman–Crippen LogP) is 14.9. The number of rotatable bonds is 21. The molecule has 4 atom stereocenters. The van der Waals surface area contributed by atoms with Crippen LogP contribution in [0.25, 0.3) is 0 Å². The second-order valence-corrected chi connectivity index (χ2v) is 40.1. The Kier molecular flexibility index (Phi) is 29.0. The molecule has 0 aromatic heterocycles. The molecule has 1 spiro atoms. The fourth-order valence-corrected chi connectivity index (χ4v) is 21.8. The van der Waals surface area contributed by atoms with Crippen molar-refractivity contribution in [2.75, 3.05) is 134 Å². The summed E-state index contributed by atoms with van der Waals surface area (Å²) in [6, 6.07) is 0. The molecule has 0 amide bonds.